The average molecular weight is 793 g/mol. The summed E-state index contributed by atoms with van der Waals surface area (Å²) in [6, 6.07) is 22.7. The average Bonchev–Trinajstić information content (AvgIpc) is 3.36. The van der Waals surface area contributed by atoms with Crippen molar-refractivity contribution in [3.8, 4) is 17.2 Å². The molecule has 6 rings (SSSR count). The number of benzene rings is 4. The lowest BCUT2D eigenvalue weighted by molar-refractivity contribution is -0.143. The number of hydrogen-bond acceptors (Lipinski definition) is 8. The SMILES string of the molecule is COc1ccc(Br)cc1[C@H]1C(C(=O)OC(C)C)=C(C)N=c2s/c(=C\c3cc(Br)c(OCc4cccc5ccccc45)c(OC)c3)c(=O)n21. The fraction of sp³-hybridized carbons (Fsp3) is 0.216. The van der Waals surface area contributed by atoms with E-state index in [-0.39, 0.29) is 17.2 Å². The summed E-state index contributed by atoms with van der Waals surface area (Å²) in [4.78, 5) is 32.9. The lowest BCUT2D eigenvalue weighted by Crippen LogP contribution is -2.40. The summed E-state index contributed by atoms with van der Waals surface area (Å²) in [5, 5.41) is 2.26. The molecule has 0 fully saturated rings. The molecule has 2 heterocycles. The number of esters is 1. The predicted molar refractivity (Wildman–Crippen MR) is 195 cm³/mol. The molecular weight excluding hydrogens is 760 g/mol. The molecule has 0 N–H and O–H groups in total. The van der Waals surface area contributed by atoms with Gasteiger partial charge in [0, 0.05) is 10.0 Å². The van der Waals surface area contributed by atoms with Gasteiger partial charge in [-0.1, -0.05) is 69.7 Å². The zero-order chi connectivity index (χ0) is 34.1. The first-order valence-corrected chi connectivity index (χ1v) is 17.5. The highest BCUT2D eigenvalue weighted by Gasteiger charge is 2.35. The number of hydrogen-bond donors (Lipinski definition) is 0. The van der Waals surface area contributed by atoms with Crippen molar-refractivity contribution in [2.24, 2.45) is 4.99 Å². The van der Waals surface area contributed by atoms with E-state index in [0.717, 1.165) is 20.8 Å². The van der Waals surface area contributed by atoms with Gasteiger partial charge < -0.3 is 18.9 Å². The van der Waals surface area contributed by atoms with Crippen LogP contribution in [0.25, 0.3) is 16.8 Å². The molecule has 8 nitrogen and oxygen atoms in total. The molecule has 0 spiro atoms. The van der Waals surface area contributed by atoms with Crippen LogP contribution in [0.2, 0.25) is 0 Å². The number of carbonyl (C=O) groups is 1. The third kappa shape index (κ3) is 6.59. The van der Waals surface area contributed by atoms with Gasteiger partial charge in [-0.2, -0.15) is 0 Å². The van der Waals surface area contributed by atoms with E-state index in [1.54, 1.807) is 51.7 Å². The second-order valence-corrected chi connectivity index (χ2v) is 14.2. The van der Waals surface area contributed by atoms with Gasteiger partial charge in [0.1, 0.15) is 18.4 Å². The standard InChI is InChI=1S/C37H32Br2N2O6S/c1-20(2)47-36(43)32-21(3)40-37-41(33(32)27-18-25(38)13-14-29(27)44-4)35(42)31(48-37)17-22-15-28(39)34(30(16-22)45-5)46-19-24-11-8-10-23-9-6-7-12-26(23)24/h6-18,20,33H,19H2,1-5H3/b31-17-/t33-/m0/s1. The third-order valence-corrected chi connectivity index (χ3v) is 9.94. The van der Waals surface area contributed by atoms with Gasteiger partial charge in [-0.15, -0.1) is 0 Å². The number of carbonyl (C=O) groups excluding carboxylic acids is 1. The molecule has 0 bridgehead atoms. The smallest absolute Gasteiger partial charge is 0.338 e. The fourth-order valence-electron chi connectivity index (χ4n) is 5.76. The van der Waals surface area contributed by atoms with Gasteiger partial charge in [-0.3, -0.25) is 9.36 Å². The topological polar surface area (TPSA) is 88.4 Å². The van der Waals surface area contributed by atoms with Crippen LogP contribution < -0.4 is 29.1 Å². The summed E-state index contributed by atoms with van der Waals surface area (Å²) >= 11 is 8.45. The Bertz CT molecular complexity index is 2270. The molecule has 48 heavy (non-hydrogen) atoms. The number of fused-ring (bicyclic) bond motifs is 2. The van der Waals surface area contributed by atoms with Gasteiger partial charge in [0.25, 0.3) is 5.56 Å². The quantitative estimate of drug-likeness (QED) is 0.144. The number of aromatic nitrogens is 1. The Labute approximate surface area is 298 Å². The summed E-state index contributed by atoms with van der Waals surface area (Å²) in [5.74, 6) is 1.04. The Hall–Kier alpha value is -4.19. The lowest BCUT2D eigenvalue weighted by atomic mass is 9.95. The van der Waals surface area contributed by atoms with Crippen molar-refractivity contribution in [1.82, 2.24) is 4.57 Å². The highest BCUT2D eigenvalue weighted by molar-refractivity contribution is 9.10. The summed E-state index contributed by atoms with van der Waals surface area (Å²) in [5.41, 5.74) is 2.83. The minimum Gasteiger partial charge on any atom is -0.496 e. The Kier molecular flexibility index (Phi) is 9.91. The molecule has 4 aromatic carbocycles. The highest BCUT2D eigenvalue weighted by atomic mass is 79.9. The molecule has 0 aliphatic carbocycles. The maximum Gasteiger partial charge on any atom is 0.338 e. The van der Waals surface area contributed by atoms with Crippen LogP contribution in [0.15, 0.2) is 103 Å². The largest absolute Gasteiger partial charge is 0.496 e. The molecule has 11 heteroatoms. The summed E-state index contributed by atoms with van der Waals surface area (Å²) in [6.45, 7) is 5.66. The molecule has 0 saturated carbocycles. The summed E-state index contributed by atoms with van der Waals surface area (Å²) in [6.07, 6.45) is 1.42. The van der Waals surface area contributed by atoms with E-state index in [1.165, 1.54) is 11.3 Å². The normalized spacial score (nSPS) is 14.6. The van der Waals surface area contributed by atoms with E-state index in [4.69, 9.17) is 23.9 Å². The van der Waals surface area contributed by atoms with E-state index in [1.807, 2.05) is 48.5 Å². The molecule has 0 saturated heterocycles. The van der Waals surface area contributed by atoms with Crippen LogP contribution in [0.5, 0.6) is 17.2 Å². The van der Waals surface area contributed by atoms with Gasteiger partial charge in [0.05, 0.1) is 40.6 Å². The van der Waals surface area contributed by atoms with Crippen LogP contribution in [0.1, 0.15) is 43.5 Å². The van der Waals surface area contributed by atoms with Gasteiger partial charge in [0.2, 0.25) is 0 Å². The van der Waals surface area contributed by atoms with Crippen molar-refractivity contribution < 1.29 is 23.7 Å². The zero-order valence-corrected chi connectivity index (χ0v) is 30.9. The minimum absolute atomic E-state index is 0.274. The molecule has 0 radical (unpaired) electrons. The third-order valence-electron chi connectivity index (χ3n) is 7.87. The lowest BCUT2D eigenvalue weighted by Gasteiger charge is -2.26. The summed E-state index contributed by atoms with van der Waals surface area (Å²) < 4.78 is 26.8. The van der Waals surface area contributed by atoms with Crippen LogP contribution in [0.3, 0.4) is 0 Å². The van der Waals surface area contributed by atoms with E-state index in [2.05, 4.69) is 50.1 Å². The second kappa shape index (κ2) is 14.1. The van der Waals surface area contributed by atoms with Gasteiger partial charge in [0.15, 0.2) is 16.3 Å². The molecular formula is C37H32Br2N2O6S. The van der Waals surface area contributed by atoms with Crippen molar-refractivity contribution in [3.05, 3.63) is 129 Å². The maximum atomic E-state index is 14.2. The number of thiazole rings is 1. The number of allylic oxidation sites excluding steroid dienone is 1. The van der Waals surface area contributed by atoms with Crippen LogP contribution in [-0.2, 0) is 16.1 Å². The minimum atomic E-state index is -0.826. The van der Waals surface area contributed by atoms with Crippen LogP contribution in [0.4, 0.5) is 0 Å². The number of methoxy groups -OCH3 is 2. The molecule has 0 unspecified atom stereocenters. The first-order valence-electron chi connectivity index (χ1n) is 15.1. The molecule has 1 aromatic heterocycles. The number of rotatable bonds is 9. The molecule has 246 valence electrons. The number of ether oxygens (including phenoxy) is 4. The fourth-order valence-corrected chi connectivity index (χ4v) is 7.76. The summed E-state index contributed by atoms with van der Waals surface area (Å²) in [7, 11) is 3.13. The van der Waals surface area contributed by atoms with Crippen LogP contribution in [-0.4, -0.2) is 30.9 Å². The Morgan fingerprint density at radius 1 is 1.00 bits per heavy atom. The Morgan fingerprint density at radius 2 is 1.75 bits per heavy atom. The molecule has 1 aliphatic heterocycles. The number of halogens is 2. The van der Waals surface area contributed by atoms with Gasteiger partial charge in [-0.25, -0.2) is 9.79 Å². The monoisotopic (exact) mass is 790 g/mol. The molecule has 1 atom stereocenters. The van der Waals surface area contributed by atoms with E-state index < -0.39 is 12.0 Å². The van der Waals surface area contributed by atoms with E-state index in [0.29, 0.717) is 54.5 Å². The maximum absolute atomic E-state index is 14.2. The Balaban J connectivity index is 1.42. The van der Waals surface area contributed by atoms with Crippen LogP contribution >= 0.6 is 43.2 Å². The van der Waals surface area contributed by atoms with Crippen molar-refractivity contribution in [1.29, 1.82) is 0 Å². The highest BCUT2D eigenvalue weighted by Crippen LogP contribution is 2.39. The molecule has 5 aromatic rings. The van der Waals surface area contributed by atoms with Gasteiger partial charge >= 0.3 is 5.97 Å². The van der Waals surface area contributed by atoms with Crippen molar-refractivity contribution in [2.75, 3.05) is 14.2 Å². The Morgan fingerprint density at radius 3 is 2.50 bits per heavy atom. The number of nitrogens with zero attached hydrogens (tertiary/aromatic N) is 2. The zero-order valence-electron chi connectivity index (χ0n) is 26.9. The predicted octanol–water partition coefficient (Wildman–Crippen LogP) is 7.46. The first kappa shape index (κ1) is 33.7. The van der Waals surface area contributed by atoms with Crippen molar-refractivity contribution in [3.63, 3.8) is 0 Å². The first-order chi connectivity index (χ1) is 23.1. The van der Waals surface area contributed by atoms with Gasteiger partial charge in [-0.05, 0) is 95.0 Å². The van der Waals surface area contributed by atoms with Crippen molar-refractivity contribution >= 4 is 66.0 Å². The van der Waals surface area contributed by atoms with E-state index >= 15 is 0 Å². The van der Waals surface area contributed by atoms with Crippen molar-refractivity contribution in [2.45, 2.75) is 39.5 Å². The molecule has 1 aliphatic rings. The van der Waals surface area contributed by atoms with Crippen LogP contribution in [0, 0.1) is 0 Å². The second-order valence-electron chi connectivity index (χ2n) is 11.4. The van der Waals surface area contributed by atoms with E-state index in [9.17, 15) is 9.59 Å². The molecule has 0 amide bonds.